The highest BCUT2D eigenvalue weighted by Crippen LogP contribution is 2.47. The van der Waals surface area contributed by atoms with Crippen molar-refractivity contribution < 1.29 is 9.47 Å². The van der Waals surface area contributed by atoms with E-state index in [1.54, 1.807) is 0 Å². The predicted octanol–water partition coefficient (Wildman–Crippen LogP) is 2.79. The van der Waals surface area contributed by atoms with E-state index in [0.717, 1.165) is 31.7 Å². The minimum Gasteiger partial charge on any atom is -0.381 e. The fraction of sp³-hybridized carbons (Fsp3) is 1.00. The molecule has 3 aliphatic heterocycles. The Morgan fingerprint density at radius 3 is 2.62 bits per heavy atom. The summed E-state index contributed by atoms with van der Waals surface area (Å²) in [6, 6.07) is 0. The molecule has 0 amide bonds. The van der Waals surface area contributed by atoms with E-state index in [1.165, 1.54) is 63.9 Å². The molecule has 1 saturated carbocycles. The Bertz CT molecular complexity index is 349. The molecule has 4 fully saturated rings. The van der Waals surface area contributed by atoms with E-state index < -0.39 is 0 Å². The van der Waals surface area contributed by atoms with Crippen molar-refractivity contribution in [3.63, 3.8) is 0 Å². The van der Waals surface area contributed by atoms with Crippen LogP contribution in [0.15, 0.2) is 0 Å². The molecule has 1 atom stereocenters. The van der Waals surface area contributed by atoms with Crippen LogP contribution in [0.25, 0.3) is 0 Å². The van der Waals surface area contributed by atoms with Crippen LogP contribution >= 0.6 is 11.8 Å². The number of nitrogens with zero attached hydrogens (tertiary/aromatic N) is 1. The zero-order chi connectivity index (χ0) is 14.1. The molecule has 3 heterocycles. The van der Waals surface area contributed by atoms with Gasteiger partial charge in [0.1, 0.15) is 0 Å². The lowest BCUT2D eigenvalue weighted by atomic mass is 9.83. The van der Waals surface area contributed by atoms with Gasteiger partial charge >= 0.3 is 0 Å². The molecule has 0 aromatic carbocycles. The number of hydrogen-bond acceptors (Lipinski definition) is 4. The molecule has 1 spiro atoms. The average molecular weight is 311 g/mol. The molecule has 0 N–H and O–H groups in total. The third-order valence-corrected chi connectivity index (χ3v) is 7.42. The highest BCUT2D eigenvalue weighted by atomic mass is 32.2. The van der Waals surface area contributed by atoms with E-state index in [0.29, 0.717) is 10.9 Å². The topological polar surface area (TPSA) is 21.7 Å². The summed E-state index contributed by atoms with van der Waals surface area (Å²) in [6.45, 7) is 6.87. The van der Waals surface area contributed by atoms with Crippen molar-refractivity contribution in [1.29, 1.82) is 0 Å². The molecule has 120 valence electrons. The van der Waals surface area contributed by atoms with E-state index in [1.807, 2.05) is 0 Å². The van der Waals surface area contributed by atoms with Crippen LogP contribution in [0.5, 0.6) is 0 Å². The fourth-order valence-electron chi connectivity index (χ4n) is 4.25. The summed E-state index contributed by atoms with van der Waals surface area (Å²) in [4.78, 5) is 2.69. The third kappa shape index (κ3) is 3.44. The summed E-state index contributed by atoms with van der Waals surface area (Å²) in [5.41, 5.74) is 0. The Labute approximate surface area is 133 Å². The first-order chi connectivity index (χ1) is 10.3. The van der Waals surface area contributed by atoms with Crippen LogP contribution < -0.4 is 0 Å². The lowest BCUT2D eigenvalue weighted by Crippen LogP contribution is -2.60. The largest absolute Gasteiger partial charge is 0.381 e. The lowest BCUT2D eigenvalue weighted by molar-refractivity contribution is -0.0146. The Hall–Kier alpha value is 0.230. The van der Waals surface area contributed by atoms with Gasteiger partial charge in [-0.25, -0.2) is 0 Å². The third-order valence-electron chi connectivity index (χ3n) is 5.85. The van der Waals surface area contributed by atoms with Gasteiger partial charge in [0, 0.05) is 50.0 Å². The summed E-state index contributed by atoms with van der Waals surface area (Å²) < 4.78 is 12.2. The smallest absolute Gasteiger partial charge is 0.0680 e. The van der Waals surface area contributed by atoms with Gasteiger partial charge < -0.3 is 14.4 Å². The van der Waals surface area contributed by atoms with Gasteiger partial charge in [0.2, 0.25) is 0 Å². The summed E-state index contributed by atoms with van der Waals surface area (Å²) >= 11 is 2.19. The molecule has 0 bridgehead atoms. The van der Waals surface area contributed by atoms with Crippen LogP contribution in [0.1, 0.15) is 38.5 Å². The normalized spacial score (nSPS) is 34.0. The van der Waals surface area contributed by atoms with E-state index >= 15 is 0 Å². The van der Waals surface area contributed by atoms with Gasteiger partial charge in [-0.05, 0) is 43.9 Å². The number of hydrogen-bond donors (Lipinski definition) is 0. The molecular weight excluding hydrogens is 282 g/mol. The monoisotopic (exact) mass is 311 g/mol. The Kier molecular flexibility index (Phi) is 4.50. The van der Waals surface area contributed by atoms with Crippen molar-refractivity contribution in [1.82, 2.24) is 4.90 Å². The molecule has 1 aliphatic carbocycles. The van der Waals surface area contributed by atoms with E-state index in [-0.39, 0.29) is 0 Å². The maximum Gasteiger partial charge on any atom is 0.0680 e. The van der Waals surface area contributed by atoms with Gasteiger partial charge in [-0.15, -0.1) is 11.8 Å². The van der Waals surface area contributed by atoms with Crippen LogP contribution in [0.3, 0.4) is 0 Å². The maximum atomic E-state index is 6.23. The zero-order valence-electron chi connectivity index (χ0n) is 13.1. The van der Waals surface area contributed by atoms with E-state index in [9.17, 15) is 0 Å². The second kappa shape index (κ2) is 6.38. The molecule has 3 saturated heterocycles. The minimum atomic E-state index is 0.517. The van der Waals surface area contributed by atoms with Gasteiger partial charge in [0.05, 0.1) is 6.10 Å². The van der Waals surface area contributed by atoms with Gasteiger partial charge in [-0.2, -0.15) is 0 Å². The molecule has 4 rings (SSSR count). The second-order valence-corrected chi connectivity index (χ2v) is 9.16. The minimum absolute atomic E-state index is 0.517. The summed E-state index contributed by atoms with van der Waals surface area (Å²) in [6.07, 6.45) is 8.63. The first-order valence-corrected chi connectivity index (χ1v) is 9.86. The SMILES string of the molecule is C1CC(CN2CC3(C[C@@H](OCC4CCOCC4)CS3)C2)C1. The molecule has 0 unspecified atom stereocenters. The summed E-state index contributed by atoms with van der Waals surface area (Å²) in [5, 5.41) is 0. The van der Waals surface area contributed by atoms with Crippen LogP contribution in [0.2, 0.25) is 0 Å². The highest BCUT2D eigenvalue weighted by molar-refractivity contribution is 8.01. The molecule has 0 aromatic rings. The summed E-state index contributed by atoms with van der Waals surface area (Å²) in [7, 11) is 0. The number of likely N-dealkylation sites (tertiary alicyclic amines) is 1. The molecule has 3 nitrogen and oxygen atoms in total. The van der Waals surface area contributed by atoms with Crippen molar-refractivity contribution in [2.75, 3.05) is 45.2 Å². The molecule has 4 heteroatoms. The quantitative estimate of drug-likeness (QED) is 0.778. The molecular formula is C17H29NO2S. The predicted molar refractivity (Wildman–Crippen MR) is 86.9 cm³/mol. The Morgan fingerprint density at radius 2 is 1.90 bits per heavy atom. The van der Waals surface area contributed by atoms with Crippen LogP contribution in [-0.2, 0) is 9.47 Å². The number of rotatable bonds is 5. The average Bonchev–Trinajstić information content (AvgIpc) is 2.85. The Morgan fingerprint density at radius 1 is 1.10 bits per heavy atom. The summed E-state index contributed by atoms with van der Waals surface area (Å²) in [5.74, 6) is 2.99. The van der Waals surface area contributed by atoms with Gasteiger partial charge in [0.15, 0.2) is 0 Å². The second-order valence-electron chi connectivity index (χ2n) is 7.68. The first-order valence-electron chi connectivity index (χ1n) is 8.87. The zero-order valence-corrected chi connectivity index (χ0v) is 13.9. The van der Waals surface area contributed by atoms with Crippen molar-refractivity contribution in [3.8, 4) is 0 Å². The fourth-order valence-corrected chi connectivity index (χ4v) is 5.86. The van der Waals surface area contributed by atoms with Crippen LogP contribution in [0, 0.1) is 11.8 Å². The van der Waals surface area contributed by atoms with Gasteiger partial charge in [0.25, 0.3) is 0 Å². The highest BCUT2D eigenvalue weighted by Gasteiger charge is 2.49. The molecule has 0 aromatic heterocycles. The van der Waals surface area contributed by atoms with Crippen LogP contribution in [-0.4, -0.2) is 61.0 Å². The van der Waals surface area contributed by atoms with Gasteiger partial charge in [-0.3, -0.25) is 0 Å². The number of ether oxygens (including phenoxy) is 2. The Balaban J connectivity index is 1.15. The molecule has 4 aliphatic rings. The number of thioether (sulfide) groups is 1. The molecule has 0 radical (unpaired) electrons. The molecule has 21 heavy (non-hydrogen) atoms. The van der Waals surface area contributed by atoms with Gasteiger partial charge in [-0.1, -0.05) is 6.42 Å². The van der Waals surface area contributed by atoms with Crippen molar-refractivity contribution in [2.45, 2.75) is 49.4 Å². The first kappa shape index (κ1) is 14.8. The van der Waals surface area contributed by atoms with Crippen molar-refractivity contribution in [3.05, 3.63) is 0 Å². The van der Waals surface area contributed by atoms with Crippen molar-refractivity contribution >= 4 is 11.8 Å². The maximum absolute atomic E-state index is 6.23. The van der Waals surface area contributed by atoms with Crippen LogP contribution in [0.4, 0.5) is 0 Å². The van der Waals surface area contributed by atoms with E-state index in [4.69, 9.17) is 9.47 Å². The lowest BCUT2D eigenvalue weighted by Gasteiger charge is -2.49. The van der Waals surface area contributed by atoms with Crippen molar-refractivity contribution in [2.24, 2.45) is 11.8 Å². The van der Waals surface area contributed by atoms with E-state index in [2.05, 4.69) is 16.7 Å². The standard InChI is InChI=1S/C17H29NO2S/c1-2-14(3-1)9-18-12-17(13-18)8-16(11-21-17)20-10-15-4-6-19-7-5-15/h14-16H,1-13H2/t16-/m1/s1.